The second kappa shape index (κ2) is 9.38. The molecular weight excluding hydrogens is 426 g/mol. The van der Waals surface area contributed by atoms with E-state index in [0.29, 0.717) is 29.0 Å². The number of hydrogen-bond acceptors (Lipinski definition) is 4. The second-order valence-electron chi connectivity index (χ2n) is 5.99. The van der Waals surface area contributed by atoms with Crippen LogP contribution in [0.2, 0.25) is 0 Å². The molecule has 8 heteroatoms. The first-order valence-corrected chi connectivity index (χ1v) is 9.42. The van der Waals surface area contributed by atoms with Crippen LogP contribution >= 0.6 is 15.9 Å². The van der Waals surface area contributed by atoms with E-state index in [-0.39, 0.29) is 12.5 Å². The fraction of sp³-hybridized carbons (Fsp3) is 0.200. The summed E-state index contributed by atoms with van der Waals surface area (Å²) >= 11 is 3.37. The van der Waals surface area contributed by atoms with Crippen molar-refractivity contribution in [1.29, 1.82) is 0 Å². The molecule has 3 aromatic rings. The summed E-state index contributed by atoms with van der Waals surface area (Å²) in [5.41, 5.74) is 6.20. The number of ether oxygens (including phenoxy) is 2. The van der Waals surface area contributed by atoms with E-state index in [2.05, 4.69) is 26.8 Å². The van der Waals surface area contributed by atoms with Crippen LogP contribution in [0.5, 0.6) is 5.75 Å². The van der Waals surface area contributed by atoms with E-state index in [1.807, 2.05) is 41.1 Å². The predicted octanol–water partition coefficient (Wildman–Crippen LogP) is 2.89. The van der Waals surface area contributed by atoms with Crippen LogP contribution in [0.25, 0.3) is 10.9 Å². The van der Waals surface area contributed by atoms with E-state index in [4.69, 9.17) is 9.47 Å². The molecule has 0 radical (unpaired) electrons. The zero-order chi connectivity index (χ0) is 19.9. The van der Waals surface area contributed by atoms with Gasteiger partial charge in [0.15, 0.2) is 0 Å². The summed E-state index contributed by atoms with van der Waals surface area (Å²) in [6.07, 6.45) is 1.84. The van der Waals surface area contributed by atoms with Gasteiger partial charge in [-0.1, -0.05) is 18.2 Å². The number of carbonyl (C=O) groups is 2. The molecule has 0 aliphatic rings. The van der Waals surface area contributed by atoms with Crippen LogP contribution in [0, 0.1) is 0 Å². The molecule has 3 rings (SSSR count). The molecule has 0 spiro atoms. The van der Waals surface area contributed by atoms with Crippen LogP contribution in [0.1, 0.15) is 10.4 Å². The van der Waals surface area contributed by atoms with Gasteiger partial charge in [-0.25, -0.2) is 0 Å². The lowest BCUT2D eigenvalue weighted by molar-refractivity contribution is -0.122. The van der Waals surface area contributed by atoms with Gasteiger partial charge in [-0.3, -0.25) is 20.4 Å². The smallest absolute Gasteiger partial charge is 0.269 e. The summed E-state index contributed by atoms with van der Waals surface area (Å²) in [4.78, 5) is 24.4. The van der Waals surface area contributed by atoms with Gasteiger partial charge in [0.25, 0.3) is 11.8 Å². The van der Waals surface area contributed by atoms with E-state index >= 15 is 0 Å². The van der Waals surface area contributed by atoms with Crippen molar-refractivity contribution in [1.82, 2.24) is 15.4 Å². The third kappa shape index (κ3) is 4.90. The molecule has 2 aromatic carbocycles. The number of hydrazine groups is 1. The maximum Gasteiger partial charge on any atom is 0.269 e. The number of aromatic nitrogens is 1. The molecule has 0 aliphatic heterocycles. The largest absolute Gasteiger partial charge is 0.490 e. The van der Waals surface area contributed by atoms with Crippen LogP contribution < -0.4 is 15.6 Å². The molecule has 28 heavy (non-hydrogen) atoms. The Morgan fingerprint density at radius 2 is 1.89 bits per heavy atom. The third-order valence-electron chi connectivity index (χ3n) is 4.05. The van der Waals surface area contributed by atoms with Crippen LogP contribution in [-0.4, -0.2) is 36.7 Å². The minimum Gasteiger partial charge on any atom is -0.490 e. The minimum atomic E-state index is -0.421. The number of hydrogen-bond donors (Lipinski definition) is 2. The predicted molar refractivity (Wildman–Crippen MR) is 109 cm³/mol. The van der Waals surface area contributed by atoms with Gasteiger partial charge in [-0.2, -0.15) is 0 Å². The number of amides is 2. The molecule has 7 nitrogen and oxygen atoms in total. The number of methoxy groups -OCH3 is 1. The molecule has 0 fully saturated rings. The highest BCUT2D eigenvalue weighted by molar-refractivity contribution is 9.10. The zero-order valence-electron chi connectivity index (χ0n) is 15.3. The Bertz CT molecular complexity index is 986. The summed E-state index contributed by atoms with van der Waals surface area (Å²) in [6.45, 7) is 0.978. The number of nitrogens with zero attached hydrogens (tertiary/aromatic N) is 1. The first kappa shape index (κ1) is 19.9. The zero-order valence-corrected chi connectivity index (χ0v) is 16.9. The molecule has 2 N–H and O–H groups in total. The van der Waals surface area contributed by atoms with Gasteiger partial charge in [0, 0.05) is 24.4 Å². The summed E-state index contributed by atoms with van der Waals surface area (Å²) in [5, 5.41) is 1.05. The molecule has 0 unspecified atom stereocenters. The Hall–Kier alpha value is -2.84. The molecule has 1 aromatic heterocycles. The second-order valence-corrected chi connectivity index (χ2v) is 6.85. The Balaban J connectivity index is 1.54. The highest BCUT2D eigenvalue weighted by Crippen LogP contribution is 2.26. The lowest BCUT2D eigenvalue weighted by Crippen LogP contribution is -2.43. The van der Waals surface area contributed by atoms with Crippen molar-refractivity contribution in [2.24, 2.45) is 0 Å². The Morgan fingerprint density at radius 1 is 1.07 bits per heavy atom. The monoisotopic (exact) mass is 445 g/mol. The summed E-state index contributed by atoms with van der Waals surface area (Å²) in [7, 11) is 1.60. The molecular formula is C20H20BrN3O4. The van der Waals surface area contributed by atoms with Gasteiger partial charge >= 0.3 is 0 Å². The van der Waals surface area contributed by atoms with E-state index in [0.717, 1.165) is 10.9 Å². The van der Waals surface area contributed by atoms with Gasteiger partial charge in [-0.05, 0) is 51.6 Å². The molecule has 2 amide bonds. The van der Waals surface area contributed by atoms with Crippen LogP contribution in [0.3, 0.4) is 0 Å². The van der Waals surface area contributed by atoms with Crippen molar-refractivity contribution in [2.45, 2.75) is 6.54 Å². The van der Waals surface area contributed by atoms with Crippen LogP contribution in [0.4, 0.5) is 0 Å². The third-order valence-corrected chi connectivity index (χ3v) is 4.67. The molecule has 0 saturated carbocycles. The number of carbonyl (C=O) groups excluding carboxylic acids is 2. The molecule has 0 saturated heterocycles. The molecule has 0 atom stereocenters. The highest BCUT2D eigenvalue weighted by atomic mass is 79.9. The van der Waals surface area contributed by atoms with Crippen LogP contribution in [-0.2, 0) is 16.1 Å². The van der Waals surface area contributed by atoms with Crippen molar-refractivity contribution in [2.75, 3.05) is 20.3 Å². The Labute approximate surface area is 170 Å². The molecule has 0 aliphatic carbocycles. The first-order valence-electron chi connectivity index (χ1n) is 8.63. The normalized spacial score (nSPS) is 10.6. The van der Waals surface area contributed by atoms with Gasteiger partial charge in [0.05, 0.1) is 11.1 Å². The Morgan fingerprint density at radius 3 is 2.68 bits per heavy atom. The Kier molecular flexibility index (Phi) is 6.67. The van der Waals surface area contributed by atoms with Crippen LogP contribution in [0.15, 0.2) is 59.2 Å². The highest BCUT2D eigenvalue weighted by Gasteiger charge is 2.11. The summed E-state index contributed by atoms with van der Waals surface area (Å²) in [5.74, 6) is -0.139. The number of nitrogens with one attached hydrogen (secondary N) is 2. The SMILES string of the molecule is COCCOc1ccc(C(=O)NNC(=O)Cn2ccc3ccccc32)cc1Br. The lowest BCUT2D eigenvalue weighted by Gasteiger charge is -2.11. The fourth-order valence-corrected chi connectivity index (χ4v) is 3.16. The summed E-state index contributed by atoms with van der Waals surface area (Å²) < 4.78 is 12.9. The van der Waals surface area contributed by atoms with Crippen molar-refractivity contribution in [3.63, 3.8) is 0 Å². The van der Waals surface area contributed by atoms with E-state index in [1.54, 1.807) is 25.3 Å². The maximum atomic E-state index is 12.3. The van der Waals surface area contributed by atoms with Gasteiger partial charge in [-0.15, -0.1) is 0 Å². The summed E-state index contributed by atoms with van der Waals surface area (Å²) in [6, 6.07) is 14.6. The quantitative estimate of drug-likeness (QED) is 0.432. The van der Waals surface area contributed by atoms with Gasteiger partial charge in [0.1, 0.15) is 18.9 Å². The van der Waals surface area contributed by atoms with E-state index < -0.39 is 5.91 Å². The molecule has 146 valence electrons. The van der Waals surface area contributed by atoms with Crippen molar-refractivity contribution < 1.29 is 19.1 Å². The first-order chi connectivity index (χ1) is 13.6. The van der Waals surface area contributed by atoms with Crippen molar-refractivity contribution in [3.05, 3.63) is 64.8 Å². The topological polar surface area (TPSA) is 81.6 Å². The number of fused-ring (bicyclic) bond motifs is 1. The number of rotatable bonds is 7. The van der Waals surface area contributed by atoms with E-state index in [1.165, 1.54) is 0 Å². The molecule has 1 heterocycles. The average Bonchev–Trinajstić information content (AvgIpc) is 3.10. The number of benzene rings is 2. The lowest BCUT2D eigenvalue weighted by atomic mass is 10.2. The standard InChI is InChI=1S/C20H20BrN3O4/c1-27-10-11-28-18-7-6-15(12-16(18)21)20(26)23-22-19(25)13-24-9-8-14-4-2-3-5-17(14)24/h2-9,12H,10-11,13H2,1H3,(H,22,25)(H,23,26). The van der Waals surface area contributed by atoms with E-state index in [9.17, 15) is 9.59 Å². The number of para-hydroxylation sites is 1. The number of halogens is 1. The fourth-order valence-electron chi connectivity index (χ4n) is 2.67. The van der Waals surface area contributed by atoms with Gasteiger partial charge < -0.3 is 14.0 Å². The minimum absolute atomic E-state index is 0.101. The maximum absolute atomic E-state index is 12.3. The van der Waals surface area contributed by atoms with Crippen molar-refractivity contribution >= 4 is 38.6 Å². The van der Waals surface area contributed by atoms with Crippen molar-refractivity contribution in [3.8, 4) is 5.75 Å². The average molecular weight is 446 g/mol. The molecule has 0 bridgehead atoms. The van der Waals surface area contributed by atoms with Gasteiger partial charge in [0.2, 0.25) is 0 Å².